The summed E-state index contributed by atoms with van der Waals surface area (Å²) in [5.41, 5.74) is 5.62. The minimum atomic E-state index is -0.561. The first-order valence-electron chi connectivity index (χ1n) is 7.17. The number of hydrogen-bond donors (Lipinski definition) is 1. The van der Waals surface area contributed by atoms with Crippen LogP contribution in [0.5, 0.6) is 5.75 Å². The van der Waals surface area contributed by atoms with Gasteiger partial charge in [-0.25, -0.2) is 0 Å². The maximum atomic E-state index is 10.9. The van der Waals surface area contributed by atoms with Crippen molar-refractivity contribution >= 4 is 5.69 Å². The van der Waals surface area contributed by atoms with Crippen molar-refractivity contribution in [2.45, 2.75) is 25.7 Å². The Hall–Kier alpha value is -2.13. The van der Waals surface area contributed by atoms with Gasteiger partial charge in [0, 0.05) is 0 Å². The second-order valence-electron chi connectivity index (χ2n) is 5.40. The minimum Gasteiger partial charge on any atom is -0.493 e. The van der Waals surface area contributed by atoms with E-state index in [1.165, 1.54) is 25.0 Å². The van der Waals surface area contributed by atoms with Crippen LogP contribution in [0.1, 0.15) is 31.2 Å². The van der Waals surface area contributed by atoms with Gasteiger partial charge >= 0.3 is 0 Å². The lowest BCUT2D eigenvalue weighted by Crippen LogP contribution is -2.30. The van der Waals surface area contributed by atoms with E-state index in [0.717, 1.165) is 12.8 Å². The molecule has 2 rings (SSSR count). The van der Waals surface area contributed by atoms with E-state index in [9.17, 15) is 10.1 Å². The summed E-state index contributed by atoms with van der Waals surface area (Å²) in [6.45, 7) is 1.17. The number of nitro groups is 1. The van der Waals surface area contributed by atoms with Crippen LogP contribution < -0.4 is 10.5 Å². The Morgan fingerprint density at radius 1 is 1.38 bits per heavy atom. The van der Waals surface area contributed by atoms with Crippen molar-refractivity contribution in [2.24, 2.45) is 17.6 Å². The number of benzene rings is 1. The van der Waals surface area contributed by atoms with Gasteiger partial charge in [-0.05, 0) is 43.4 Å². The van der Waals surface area contributed by atoms with Crippen LogP contribution in [0.4, 0.5) is 5.69 Å². The fourth-order valence-electron chi connectivity index (χ4n) is 2.86. The molecule has 0 heterocycles. The van der Waals surface area contributed by atoms with Crippen LogP contribution in [0.25, 0.3) is 0 Å². The molecule has 0 saturated heterocycles. The van der Waals surface area contributed by atoms with Gasteiger partial charge in [-0.3, -0.25) is 10.1 Å². The molecule has 1 aliphatic rings. The maximum absolute atomic E-state index is 10.9. The molecular weight excluding hydrogens is 270 g/mol. The van der Waals surface area contributed by atoms with Gasteiger partial charge in [0.1, 0.15) is 17.4 Å². The fraction of sp³-hybridized carbons (Fsp3) is 0.533. The summed E-state index contributed by atoms with van der Waals surface area (Å²) in [6, 6.07) is 6.16. The third-order valence-corrected chi connectivity index (χ3v) is 4.12. The zero-order chi connectivity index (χ0) is 15.2. The first-order valence-corrected chi connectivity index (χ1v) is 7.17. The van der Waals surface area contributed by atoms with Crippen molar-refractivity contribution in [1.82, 2.24) is 0 Å². The van der Waals surface area contributed by atoms with Crippen LogP contribution in [-0.4, -0.2) is 18.1 Å². The van der Waals surface area contributed by atoms with Crippen molar-refractivity contribution in [3.63, 3.8) is 0 Å². The van der Waals surface area contributed by atoms with Gasteiger partial charge in [0.05, 0.1) is 17.6 Å². The Balaban J connectivity index is 2.04. The molecule has 1 fully saturated rings. The molecule has 21 heavy (non-hydrogen) atoms. The number of ether oxygens (including phenoxy) is 1. The molecule has 2 N–H and O–H groups in total. The van der Waals surface area contributed by atoms with Gasteiger partial charge in [-0.1, -0.05) is 12.8 Å². The molecule has 0 spiro atoms. The Labute approximate surface area is 123 Å². The standard InChI is InChI=1S/C15H19N3O3/c16-8-11-3-1-2-4-13(11)10-21-14-6-5-12(9-17)15(7-14)18(19)20/h5-7,11,13H,1-4,8,10,16H2. The highest BCUT2D eigenvalue weighted by atomic mass is 16.6. The summed E-state index contributed by atoms with van der Waals surface area (Å²) in [4.78, 5) is 10.4. The molecule has 1 saturated carbocycles. The summed E-state index contributed by atoms with van der Waals surface area (Å²) < 4.78 is 5.70. The third-order valence-electron chi connectivity index (χ3n) is 4.12. The highest BCUT2D eigenvalue weighted by Gasteiger charge is 2.24. The molecule has 2 unspecified atom stereocenters. The van der Waals surface area contributed by atoms with Crippen molar-refractivity contribution in [3.05, 3.63) is 33.9 Å². The van der Waals surface area contributed by atoms with Crippen molar-refractivity contribution in [2.75, 3.05) is 13.2 Å². The number of nitrogens with two attached hydrogens (primary N) is 1. The van der Waals surface area contributed by atoms with Gasteiger partial charge in [0.25, 0.3) is 5.69 Å². The molecule has 6 nitrogen and oxygen atoms in total. The Bertz CT molecular complexity index is 554. The van der Waals surface area contributed by atoms with E-state index in [1.807, 2.05) is 6.07 Å². The van der Waals surface area contributed by atoms with E-state index >= 15 is 0 Å². The number of hydrogen-bond acceptors (Lipinski definition) is 5. The van der Waals surface area contributed by atoms with Crippen LogP contribution in [0, 0.1) is 33.3 Å². The molecule has 1 aliphatic carbocycles. The molecule has 1 aromatic carbocycles. The van der Waals surface area contributed by atoms with Crippen molar-refractivity contribution in [1.29, 1.82) is 5.26 Å². The zero-order valence-electron chi connectivity index (χ0n) is 11.8. The molecule has 0 bridgehead atoms. The molecule has 112 valence electrons. The summed E-state index contributed by atoms with van der Waals surface area (Å²) in [5, 5.41) is 19.8. The number of rotatable bonds is 5. The van der Waals surface area contributed by atoms with E-state index in [0.29, 0.717) is 30.7 Å². The van der Waals surface area contributed by atoms with Gasteiger partial charge in [-0.15, -0.1) is 0 Å². The highest BCUT2D eigenvalue weighted by Crippen LogP contribution is 2.31. The largest absolute Gasteiger partial charge is 0.493 e. The summed E-state index contributed by atoms with van der Waals surface area (Å²) in [5.74, 6) is 1.30. The number of nitrogens with zero attached hydrogens (tertiary/aromatic N) is 2. The van der Waals surface area contributed by atoms with Crippen molar-refractivity contribution < 1.29 is 9.66 Å². The first-order chi connectivity index (χ1) is 10.2. The van der Waals surface area contributed by atoms with Crippen LogP contribution in [0.2, 0.25) is 0 Å². The molecule has 0 aromatic heterocycles. The minimum absolute atomic E-state index is 0.0462. The van der Waals surface area contributed by atoms with E-state index in [2.05, 4.69) is 0 Å². The maximum Gasteiger partial charge on any atom is 0.290 e. The molecule has 2 atom stereocenters. The topological polar surface area (TPSA) is 102 Å². The first kappa shape index (κ1) is 15.3. The van der Waals surface area contributed by atoms with E-state index < -0.39 is 4.92 Å². The number of nitro benzene ring substituents is 1. The normalized spacial score (nSPS) is 21.5. The Kier molecular flexibility index (Phi) is 5.12. The van der Waals surface area contributed by atoms with Gasteiger partial charge < -0.3 is 10.5 Å². The zero-order valence-corrected chi connectivity index (χ0v) is 11.8. The second kappa shape index (κ2) is 7.04. The van der Waals surface area contributed by atoms with Crippen LogP contribution in [0.15, 0.2) is 18.2 Å². The average Bonchev–Trinajstić information content (AvgIpc) is 2.52. The van der Waals surface area contributed by atoms with Crippen LogP contribution >= 0.6 is 0 Å². The average molecular weight is 289 g/mol. The SMILES string of the molecule is N#Cc1ccc(OCC2CCCCC2CN)cc1[N+](=O)[O-]. The molecule has 0 radical (unpaired) electrons. The molecule has 6 heteroatoms. The quantitative estimate of drug-likeness (QED) is 0.663. The molecule has 1 aromatic rings. The predicted molar refractivity (Wildman–Crippen MR) is 77.8 cm³/mol. The van der Waals surface area contributed by atoms with Gasteiger partial charge in [0.2, 0.25) is 0 Å². The van der Waals surface area contributed by atoms with E-state index in [-0.39, 0.29) is 11.3 Å². The fourth-order valence-corrected chi connectivity index (χ4v) is 2.86. The molecule has 0 amide bonds. The summed E-state index contributed by atoms with van der Waals surface area (Å²) in [7, 11) is 0. The number of nitriles is 1. The monoisotopic (exact) mass is 289 g/mol. The third kappa shape index (κ3) is 3.70. The van der Waals surface area contributed by atoms with Crippen molar-refractivity contribution in [3.8, 4) is 11.8 Å². The van der Waals surface area contributed by atoms with Crippen LogP contribution in [0.3, 0.4) is 0 Å². The predicted octanol–water partition coefficient (Wildman–Crippen LogP) is 2.61. The summed E-state index contributed by atoms with van der Waals surface area (Å²) >= 11 is 0. The lowest BCUT2D eigenvalue weighted by molar-refractivity contribution is -0.385. The van der Waals surface area contributed by atoms with Gasteiger partial charge in [-0.2, -0.15) is 5.26 Å². The smallest absolute Gasteiger partial charge is 0.290 e. The Morgan fingerprint density at radius 3 is 2.71 bits per heavy atom. The highest BCUT2D eigenvalue weighted by molar-refractivity contribution is 5.52. The lowest BCUT2D eigenvalue weighted by atomic mass is 9.80. The van der Waals surface area contributed by atoms with E-state index in [1.54, 1.807) is 6.07 Å². The summed E-state index contributed by atoms with van der Waals surface area (Å²) in [6.07, 6.45) is 4.59. The van der Waals surface area contributed by atoms with Crippen LogP contribution in [-0.2, 0) is 0 Å². The molecular formula is C15H19N3O3. The van der Waals surface area contributed by atoms with Gasteiger partial charge in [0.15, 0.2) is 0 Å². The van der Waals surface area contributed by atoms with E-state index in [4.69, 9.17) is 15.7 Å². The second-order valence-corrected chi connectivity index (χ2v) is 5.40. The molecule has 0 aliphatic heterocycles. The Morgan fingerprint density at radius 2 is 2.10 bits per heavy atom. The lowest BCUT2D eigenvalue weighted by Gasteiger charge is -2.30.